The van der Waals surface area contributed by atoms with Crippen molar-refractivity contribution in [1.82, 2.24) is 0 Å². The highest BCUT2D eigenvalue weighted by atomic mass is 79.9. The van der Waals surface area contributed by atoms with Crippen molar-refractivity contribution in [3.8, 4) is 5.75 Å². The highest BCUT2D eigenvalue weighted by molar-refractivity contribution is 9.10. The molecular formula is C17H20BrNO. The summed E-state index contributed by atoms with van der Waals surface area (Å²) in [5.74, 6) is 0.850. The molecule has 0 spiro atoms. The van der Waals surface area contributed by atoms with Crippen LogP contribution in [0.3, 0.4) is 0 Å². The molecular weight excluding hydrogens is 314 g/mol. The van der Waals surface area contributed by atoms with Gasteiger partial charge < -0.3 is 10.5 Å². The Kier molecular flexibility index (Phi) is 4.51. The van der Waals surface area contributed by atoms with Crippen LogP contribution >= 0.6 is 15.9 Å². The van der Waals surface area contributed by atoms with Crippen molar-refractivity contribution in [3.05, 3.63) is 62.6 Å². The lowest BCUT2D eigenvalue weighted by Crippen LogP contribution is -2.15. The van der Waals surface area contributed by atoms with E-state index in [9.17, 15) is 0 Å². The van der Waals surface area contributed by atoms with E-state index in [1.165, 1.54) is 11.1 Å². The molecule has 0 aromatic heterocycles. The maximum atomic E-state index is 6.50. The smallest absolute Gasteiger partial charge is 0.124 e. The summed E-state index contributed by atoms with van der Waals surface area (Å²) in [5.41, 5.74) is 12.2. The van der Waals surface area contributed by atoms with E-state index in [2.05, 4.69) is 54.9 Å². The summed E-state index contributed by atoms with van der Waals surface area (Å²) in [6.45, 7) is 6.21. The Morgan fingerprint density at radius 2 is 1.75 bits per heavy atom. The van der Waals surface area contributed by atoms with Crippen molar-refractivity contribution >= 4 is 15.9 Å². The minimum Gasteiger partial charge on any atom is -0.496 e. The second-order valence-electron chi connectivity index (χ2n) is 5.20. The number of benzene rings is 2. The summed E-state index contributed by atoms with van der Waals surface area (Å²) < 4.78 is 6.55. The predicted molar refractivity (Wildman–Crippen MR) is 87.4 cm³/mol. The van der Waals surface area contributed by atoms with Crippen molar-refractivity contribution in [1.29, 1.82) is 0 Å². The predicted octanol–water partition coefficient (Wildman–Crippen LogP) is 4.43. The van der Waals surface area contributed by atoms with E-state index in [1.54, 1.807) is 7.11 Å². The Hall–Kier alpha value is -1.32. The SMILES string of the molecule is COc1cc(C)cc(C)c1C(N)c1cc(C)ccc1Br. The van der Waals surface area contributed by atoms with E-state index in [4.69, 9.17) is 10.5 Å². The summed E-state index contributed by atoms with van der Waals surface area (Å²) in [6, 6.07) is 10.2. The van der Waals surface area contributed by atoms with Crippen molar-refractivity contribution < 1.29 is 4.74 Å². The maximum Gasteiger partial charge on any atom is 0.124 e. The molecule has 2 nitrogen and oxygen atoms in total. The second kappa shape index (κ2) is 5.98. The summed E-state index contributed by atoms with van der Waals surface area (Å²) in [4.78, 5) is 0. The average molecular weight is 334 g/mol. The van der Waals surface area contributed by atoms with Gasteiger partial charge in [0.2, 0.25) is 0 Å². The van der Waals surface area contributed by atoms with Gasteiger partial charge in [0.05, 0.1) is 13.2 Å². The number of methoxy groups -OCH3 is 1. The molecule has 1 unspecified atom stereocenters. The topological polar surface area (TPSA) is 35.2 Å². The lowest BCUT2D eigenvalue weighted by atomic mass is 9.93. The minimum absolute atomic E-state index is 0.208. The molecule has 0 aliphatic carbocycles. The van der Waals surface area contributed by atoms with Crippen LogP contribution in [-0.4, -0.2) is 7.11 Å². The van der Waals surface area contributed by atoms with Crippen LogP contribution in [0.5, 0.6) is 5.75 Å². The molecule has 20 heavy (non-hydrogen) atoms. The first-order chi connectivity index (χ1) is 9.43. The van der Waals surface area contributed by atoms with E-state index in [-0.39, 0.29) is 6.04 Å². The number of rotatable bonds is 3. The van der Waals surface area contributed by atoms with E-state index in [0.717, 1.165) is 26.9 Å². The number of hydrogen-bond donors (Lipinski definition) is 1. The third kappa shape index (κ3) is 2.89. The normalized spacial score (nSPS) is 12.3. The van der Waals surface area contributed by atoms with Gasteiger partial charge in [-0.25, -0.2) is 0 Å². The average Bonchev–Trinajstić information content (AvgIpc) is 2.40. The number of nitrogens with two attached hydrogens (primary N) is 1. The molecule has 2 aromatic rings. The number of halogens is 1. The van der Waals surface area contributed by atoms with E-state index >= 15 is 0 Å². The zero-order valence-electron chi connectivity index (χ0n) is 12.3. The first-order valence-electron chi connectivity index (χ1n) is 6.60. The molecule has 0 fully saturated rings. The fourth-order valence-corrected chi connectivity index (χ4v) is 3.06. The van der Waals surface area contributed by atoms with Crippen molar-refractivity contribution in [2.45, 2.75) is 26.8 Å². The molecule has 2 N–H and O–H groups in total. The second-order valence-corrected chi connectivity index (χ2v) is 6.05. The van der Waals surface area contributed by atoms with E-state index in [1.807, 2.05) is 12.1 Å². The van der Waals surface area contributed by atoms with Crippen LogP contribution in [0.15, 0.2) is 34.8 Å². The molecule has 0 bridgehead atoms. The van der Waals surface area contributed by atoms with Crippen molar-refractivity contribution in [3.63, 3.8) is 0 Å². The number of hydrogen-bond acceptors (Lipinski definition) is 2. The van der Waals surface area contributed by atoms with Crippen molar-refractivity contribution in [2.75, 3.05) is 7.11 Å². The monoisotopic (exact) mass is 333 g/mol. The lowest BCUT2D eigenvalue weighted by Gasteiger charge is -2.21. The fraction of sp³-hybridized carbons (Fsp3) is 0.294. The van der Waals surface area contributed by atoms with Gasteiger partial charge in [-0.15, -0.1) is 0 Å². The van der Waals surface area contributed by atoms with Gasteiger partial charge in [-0.3, -0.25) is 0 Å². The maximum absolute atomic E-state index is 6.50. The summed E-state index contributed by atoms with van der Waals surface area (Å²) in [5, 5.41) is 0. The highest BCUT2D eigenvalue weighted by Gasteiger charge is 2.19. The summed E-state index contributed by atoms with van der Waals surface area (Å²) >= 11 is 3.59. The first kappa shape index (κ1) is 15.1. The van der Waals surface area contributed by atoms with Crippen LogP contribution in [-0.2, 0) is 0 Å². The summed E-state index contributed by atoms with van der Waals surface area (Å²) in [6.07, 6.45) is 0. The molecule has 0 aliphatic heterocycles. The Balaban J connectivity index is 2.58. The molecule has 3 heteroatoms. The largest absolute Gasteiger partial charge is 0.496 e. The zero-order chi connectivity index (χ0) is 14.9. The molecule has 0 aliphatic rings. The van der Waals surface area contributed by atoms with Crippen LogP contribution in [0, 0.1) is 20.8 Å². The van der Waals surface area contributed by atoms with Gasteiger partial charge in [-0.2, -0.15) is 0 Å². The van der Waals surface area contributed by atoms with Gasteiger partial charge in [0, 0.05) is 10.0 Å². The quantitative estimate of drug-likeness (QED) is 0.901. The van der Waals surface area contributed by atoms with Gasteiger partial charge in [0.15, 0.2) is 0 Å². The van der Waals surface area contributed by atoms with Gasteiger partial charge in [0.25, 0.3) is 0 Å². The van der Waals surface area contributed by atoms with Crippen LogP contribution in [0.2, 0.25) is 0 Å². The zero-order valence-corrected chi connectivity index (χ0v) is 13.9. The Bertz CT molecular complexity index is 637. The third-order valence-electron chi connectivity index (χ3n) is 3.51. The van der Waals surface area contributed by atoms with E-state index < -0.39 is 0 Å². The molecule has 106 valence electrons. The molecule has 1 atom stereocenters. The number of ether oxygens (including phenoxy) is 1. The van der Waals surface area contributed by atoms with E-state index in [0.29, 0.717) is 0 Å². The Morgan fingerprint density at radius 3 is 2.40 bits per heavy atom. The van der Waals surface area contributed by atoms with Gasteiger partial charge >= 0.3 is 0 Å². The number of aryl methyl sites for hydroxylation is 3. The van der Waals surface area contributed by atoms with Gasteiger partial charge in [-0.05, 0) is 49.6 Å². The minimum atomic E-state index is -0.208. The molecule has 0 heterocycles. The molecule has 0 radical (unpaired) electrons. The highest BCUT2D eigenvalue weighted by Crippen LogP contribution is 2.35. The standard InChI is InChI=1S/C17H20BrNO/c1-10-5-6-14(18)13(8-10)17(19)16-12(3)7-11(2)9-15(16)20-4/h5-9,17H,19H2,1-4H3. The Labute approximate surface area is 129 Å². The van der Waals surface area contributed by atoms with Crippen LogP contribution in [0.1, 0.15) is 33.9 Å². The van der Waals surface area contributed by atoms with Crippen LogP contribution in [0.25, 0.3) is 0 Å². The third-order valence-corrected chi connectivity index (χ3v) is 4.23. The van der Waals surface area contributed by atoms with Crippen LogP contribution < -0.4 is 10.5 Å². The van der Waals surface area contributed by atoms with Crippen molar-refractivity contribution in [2.24, 2.45) is 5.73 Å². The molecule has 2 aromatic carbocycles. The van der Waals surface area contributed by atoms with Crippen LogP contribution in [0.4, 0.5) is 0 Å². The fourth-order valence-electron chi connectivity index (χ4n) is 2.56. The lowest BCUT2D eigenvalue weighted by molar-refractivity contribution is 0.407. The Morgan fingerprint density at radius 1 is 1.05 bits per heavy atom. The molecule has 0 saturated heterocycles. The molecule has 0 saturated carbocycles. The summed E-state index contributed by atoms with van der Waals surface area (Å²) in [7, 11) is 1.69. The molecule has 2 rings (SSSR count). The first-order valence-corrected chi connectivity index (χ1v) is 7.40. The molecule has 0 amide bonds. The van der Waals surface area contributed by atoms with Gasteiger partial charge in [0.1, 0.15) is 5.75 Å². The van der Waals surface area contributed by atoms with Gasteiger partial charge in [-0.1, -0.05) is 39.7 Å².